The molecule has 0 amide bonds. The van der Waals surface area contributed by atoms with E-state index in [4.69, 9.17) is 22.1 Å². The van der Waals surface area contributed by atoms with E-state index in [9.17, 15) is 23.1 Å². The van der Waals surface area contributed by atoms with Gasteiger partial charge in [0, 0.05) is 36.3 Å². The topological polar surface area (TPSA) is 114 Å². The SMILES string of the molecule is Cc1cc(-c2cc(Cl)ccc2[C@@H](Oc2cc(N3CCC4(CC3)CNC(C(=O)O)C4)nc(N)n2)C(F)(F)F)cc(C(C)(C)C)c1. The minimum absolute atomic E-state index is 0.104. The number of nitrogens with zero attached hydrogens (tertiary/aromatic N) is 3. The summed E-state index contributed by atoms with van der Waals surface area (Å²) in [5, 5.41) is 12.8. The normalized spacial score (nSPS) is 19.3. The van der Waals surface area contributed by atoms with E-state index in [1.165, 1.54) is 24.3 Å². The van der Waals surface area contributed by atoms with Crippen molar-refractivity contribution in [3.05, 3.63) is 64.2 Å². The highest BCUT2D eigenvalue weighted by atomic mass is 35.5. The Morgan fingerprint density at radius 2 is 1.84 bits per heavy atom. The molecule has 12 heteroatoms. The lowest BCUT2D eigenvalue weighted by Crippen LogP contribution is -2.41. The number of nitrogen functional groups attached to an aromatic ring is 1. The Morgan fingerprint density at radius 3 is 2.45 bits per heavy atom. The molecule has 2 aliphatic rings. The van der Waals surface area contributed by atoms with Gasteiger partial charge in [-0.15, -0.1) is 0 Å². The van der Waals surface area contributed by atoms with E-state index >= 15 is 0 Å². The quantitative estimate of drug-likeness (QED) is 0.275. The van der Waals surface area contributed by atoms with Gasteiger partial charge in [0.25, 0.3) is 0 Å². The number of aliphatic carboxylic acids is 1. The van der Waals surface area contributed by atoms with Crippen molar-refractivity contribution in [3.63, 3.8) is 0 Å². The highest BCUT2D eigenvalue weighted by molar-refractivity contribution is 6.30. The van der Waals surface area contributed by atoms with Gasteiger partial charge < -0.3 is 25.8 Å². The first kappa shape index (κ1) is 31.8. The van der Waals surface area contributed by atoms with Crippen LogP contribution in [0.25, 0.3) is 11.1 Å². The molecule has 3 aromatic rings. The van der Waals surface area contributed by atoms with Crippen LogP contribution in [0.3, 0.4) is 0 Å². The average molecular weight is 632 g/mol. The molecule has 1 aromatic heterocycles. The van der Waals surface area contributed by atoms with Crippen LogP contribution in [0.1, 0.15) is 62.8 Å². The molecule has 236 valence electrons. The Labute approximate surface area is 259 Å². The van der Waals surface area contributed by atoms with Gasteiger partial charge in [-0.05, 0) is 65.8 Å². The van der Waals surface area contributed by atoms with Crippen LogP contribution in [0, 0.1) is 12.3 Å². The number of hydrogen-bond acceptors (Lipinski definition) is 7. The minimum atomic E-state index is -4.80. The van der Waals surface area contributed by atoms with Gasteiger partial charge in [-0.1, -0.05) is 62.2 Å². The Kier molecular flexibility index (Phi) is 8.50. The molecule has 3 heterocycles. The van der Waals surface area contributed by atoms with E-state index in [0.717, 1.165) is 11.1 Å². The summed E-state index contributed by atoms with van der Waals surface area (Å²) in [5.41, 5.74) is 8.28. The van der Waals surface area contributed by atoms with Crippen LogP contribution in [-0.2, 0) is 10.2 Å². The van der Waals surface area contributed by atoms with E-state index in [1.54, 1.807) is 0 Å². The summed E-state index contributed by atoms with van der Waals surface area (Å²) in [5.74, 6) is -1.02. The Morgan fingerprint density at radius 1 is 1.14 bits per heavy atom. The maximum Gasteiger partial charge on any atom is 0.429 e. The van der Waals surface area contributed by atoms with Crippen LogP contribution in [0.2, 0.25) is 5.02 Å². The molecular weight excluding hydrogens is 595 g/mol. The number of nitrogens with one attached hydrogen (secondary N) is 1. The molecule has 0 aliphatic carbocycles. The number of carboxylic acid groups (broad SMARTS) is 1. The van der Waals surface area contributed by atoms with Gasteiger partial charge in [-0.25, -0.2) is 0 Å². The fraction of sp³-hybridized carbons (Fsp3) is 0.469. The maximum absolute atomic E-state index is 14.8. The average Bonchev–Trinajstić information content (AvgIpc) is 3.34. The van der Waals surface area contributed by atoms with Crippen LogP contribution in [0.15, 0.2) is 42.5 Å². The molecule has 2 fully saturated rings. The van der Waals surface area contributed by atoms with Crippen LogP contribution >= 0.6 is 11.6 Å². The molecular formula is C32H37ClF3N5O3. The first-order valence-corrected chi connectivity index (χ1v) is 14.9. The largest absolute Gasteiger partial charge is 0.480 e. The molecule has 2 aliphatic heterocycles. The number of anilines is 2. The fourth-order valence-electron chi connectivity index (χ4n) is 6.14. The van der Waals surface area contributed by atoms with Crippen molar-refractivity contribution in [1.29, 1.82) is 0 Å². The number of carboxylic acids is 1. The number of hydrogen-bond donors (Lipinski definition) is 3. The van der Waals surface area contributed by atoms with Crippen molar-refractivity contribution < 1.29 is 27.8 Å². The number of nitrogens with two attached hydrogens (primary N) is 1. The highest BCUT2D eigenvalue weighted by Gasteiger charge is 2.46. The molecule has 0 radical (unpaired) electrons. The number of piperidine rings is 1. The summed E-state index contributed by atoms with van der Waals surface area (Å²) in [6, 6.07) is 10.8. The molecule has 0 bridgehead atoms. The molecule has 8 nitrogen and oxygen atoms in total. The number of benzene rings is 2. The second-order valence-corrected chi connectivity index (χ2v) is 13.4. The lowest BCUT2D eigenvalue weighted by molar-refractivity contribution is -0.198. The number of carbonyl (C=O) groups is 1. The zero-order valence-corrected chi connectivity index (χ0v) is 25.9. The second-order valence-electron chi connectivity index (χ2n) is 13.0. The zero-order valence-electron chi connectivity index (χ0n) is 25.1. The molecule has 2 saturated heterocycles. The number of rotatable bonds is 6. The Bertz CT molecular complexity index is 1550. The predicted molar refractivity (Wildman–Crippen MR) is 164 cm³/mol. The van der Waals surface area contributed by atoms with Gasteiger partial charge in [-0.2, -0.15) is 23.1 Å². The lowest BCUT2D eigenvalue weighted by Gasteiger charge is -2.39. The molecule has 1 spiro atoms. The van der Waals surface area contributed by atoms with Crippen LogP contribution in [-0.4, -0.2) is 52.9 Å². The molecule has 44 heavy (non-hydrogen) atoms. The number of ether oxygens (including phenoxy) is 1. The van der Waals surface area contributed by atoms with Gasteiger partial charge in [0.2, 0.25) is 17.9 Å². The van der Waals surface area contributed by atoms with Crippen LogP contribution < -0.4 is 20.7 Å². The molecule has 4 N–H and O–H groups in total. The van der Waals surface area contributed by atoms with Crippen molar-refractivity contribution in [2.75, 3.05) is 30.3 Å². The summed E-state index contributed by atoms with van der Waals surface area (Å²) in [6.07, 6.45) is -5.22. The van der Waals surface area contributed by atoms with Gasteiger partial charge >= 0.3 is 12.1 Å². The maximum atomic E-state index is 14.8. The third-order valence-electron chi connectivity index (χ3n) is 8.60. The van der Waals surface area contributed by atoms with E-state index in [0.29, 0.717) is 60.9 Å². The second kappa shape index (κ2) is 11.7. The summed E-state index contributed by atoms with van der Waals surface area (Å²) in [7, 11) is 0. The third-order valence-corrected chi connectivity index (χ3v) is 8.84. The third kappa shape index (κ3) is 6.89. The zero-order chi connectivity index (χ0) is 32.0. The minimum Gasteiger partial charge on any atom is -0.480 e. The summed E-state index contributed by atoms with van der Waals surface area (Å²) >= 11 is 6.31. The fourth-order valence-corrected chi connectivity index (χ4v) is 6.31. The van der Waals surface area contributed by atoms with Crippen molar-refractivity contribution in [1.82, 2.24) is 15.3 Å². The van der Waals surface area contributed by atoms with Crippen molar-refractivity contribution in [3.8, 4) is 17.0 Å². The molecule has 2 atom stereocenters. The Hall–Kier alpha value is -3.57. The van der Waals surface area contributed by atoms with Gasteiger partial charge in [0.15, 0.2) is 0 Å². The molecule has 5 rings (SSSR count). The highest BCUT2D eigenvalue weighted by Crippen LogP contribution is 2.44. The van der Waals surface area contributed by atoms with E-state index in [1.807, 2.05) is 50.8 Å². The standard InChI is InChI=1S/C32H37ClF3N5O3/c1-18-11-19(13-20(12-18)30(2,3)4)23-14-21(33)5-6-22(23)27(32(34,35)36)44-26-15-25(39-29(37)40-26)41-9-7-31(8-10-41)16-24(28(42)43)38-17-31/h5-6,11-15,24,27,38H,7-10,16-17H2,1-4H3,(H,42,43)(H2,37,39,40)/t24?,27-/m1/s1. The number of aryl methyl sites for hydroxylation is 1. The van der Waals surface area contributed by atoms with Crippen molar-refractivity contribution in [2.45, 2.75) is 70.7 Å². The molecule has 1 unspecified atom stereocenters. The summed E-state index contributed by atoms with van der Waals surface area (Å²) in [4.78, 5) is 21.6. The van der Waals surface area contributed by atoms with Gasteiger partial charge in [0.1, 0.15) is 11.9 Å². The first-order chi connectivity index (χ1) is 20.5. The number of aromatic nitrogens is 2. The van der Waals surface area contributed by atoms with Gasteiger partial charge in [0.05, 0.1) is 0 Å². The molecule has 2 aromatic carbocycles. The van der Waals surface area contributed by atoms with E-state index in [2.05, 4.69) is 15.3 Å². The van der Waals surface area contributed by atoms with Crippen LogP contribution in [0.5, 0.6) is 5.88 Å². The molecule has 0 saturated carbocycles. The van der Waals surface area contributed by atoms with Crippen LogP contribution in [0.4, 0.5) is 24.9 Å². The summed E-state index contributed by atoms with van der Waals surface area (Å²) < 4.78 is 49.9. The van der Waals surface area contributed by atoms with E-state index < -0.39 is 24.3 Å². The van der Waals surface area contributed by atoms with E-state index in [-0.39, 0.29) is 28.2 Å². The van der Waals surface area contributed by atoms with Crippen molar-refractivity contribution >= 4 is 29.3 Å². The predicted octanol–water partition coefficient (Wildman–Crippen LogP) is 6.70. The monoisotopic (exact) mass is 631 g/mol. The van der Waals surface area contributed by atoms with Crippen molar-refractivity contribution in [2.24, 2.45) is 5.41 Å². The summed E-state index contributed by atoms with van der Waals surface area (Å²) in [6.45, 7) is 9.72. The first-order valence-electron chi connectivity index (χ1n) is 14.5. The Balaban J connectivity index is 1.45. The van der Waals surface area contributed by atoms with Gasteiger partial charge in [-0.3, -0.25) is 4.79 Å². The smallest absolute Gasteiger partial charge is 0.429 e. The number of alkyl halides is 3. The lowest BCUT2D eigenvalue weighted by atomic mass is 9.76. The number of halogens is 4.